The van der Waals surface area contributed by atoms with Gasteiger partial charge in [-0.3, -0.25) is 0 Å². The van der Waals surface area contributed by atoms with E-state index in [2.05, 4.69) is 0 Å². The normalized spacial score (nSPS) is 20.4. The minimum atomic E-state index is -3.80. The predicted octanol–water partition coefficient (Wildman–Crippen LogP) is 1.76. The number of carboxylic acid groups (broad SMARTS) is 1. The summed E-state index contributed by atoms with van der Waals surface area (Å²) in [4.78, 5) is 11.1. The molecule has 0 amide bonds. The van der Waals surface area contributed by atoms with E-state index in [0.717, 1.165) is 0 Å². The Morgan fingerprint density at radius 3 is 2.71 bits per heavy atom. The van der Waals surface area contributed by atoms with Crippen LogP contribution >= 0.6 is 11.6 Å². The monoisotopic (exact) mass is 333 g/mol. The predicted molar refractivity (Wildman–Crippen MR) is 77.3 cm³/mol. The summed E-state index contributed by atoms with van der Waals surface area (Å²) in [5.74, 6) is -1.21. The van der Waals surface area contributed by atoms with Gasteiger partial charge in [0.2, 0.25) is 10.0 Å². The summed E-state index contributed by atoms with van der Waals surface area (Å²) in [6, 6.07) is 2.54. The maximum absolute atomic E-state index is 12.7. The lowest BCUT2D eigenvalue weighted by molar-refractivity contribution is 0.0101. The van der Waals surface area contributed by atoms with Gasteiger partial charge >= 0.3 is 5.97 Å². The van der Waals surface area contributed by atoms with Gasteiger partial charge in [0.05, 0.1) is 23.2 Å². The molecule has 1 fully saturated rings. The molecule has 0 aliphatic carbocycles. The van der Waals surface area contributed by atoms with Gasteiger partial charge in [0.25, 0.3) is 0 Å². The van der Waals surface area contributed by atoms with E-state index in [1.54, 1.807) is 6.92 Å². The summed E-state index contributed by atoms with van der Waals surface area (Å²) in [5, 5.41) is 9.23. The molecule has 1 aromatic rings. The third kappa shape index (κ3) is 3.21. The Morgan fingerprint density at radius 2 is 2.14 bits per heavy atom. The molecule has 0 spiro atoms. The smallest absolute Gasteiger partial charge is 0.336 e. The number of ether oxygens (including phenoxy) is 1. The quantitative estimate of drug-likeness (QED) is 0.911. The van der Waals surface area contributed by atoms with Crippen LogP contribution in [0.1, 0.15) is 22.8 Å². The van der Waals surface area contributed by atoms with Gasteiger partial charge in [-0.25, -0.2) is 13.2 Å². The first kappa shape index (κ1) is 16.2. The summed E-state index contributed by atoms with van der Waals surface area (Å²) in [7, 11) is -3.80. The molecule has 8 heteroatoms. The summed E-state index contributed by atoms with van der Waals surface area (Å²) >= 11 is 5.87. The van der Waals surface area contributed by atoms with Crippen LogP contribution in [-0.4, -0.2) is 49.6 Å². The van der Waals surface area contributed by atoms with Crippen molar-refractivity contribution in [1.29, 1.82) is 0 Å². The number of carboxylic acids is 1. The molecule has 2 rings (SSSR count). The highest BCUT2D eigenvalue weighted by atomic mass is 35.5. The molecule has 0 aromatic heterocycles. The standard InChI is InChI=1S/C13H16ClNO5S/c1-8-7-15(3-4-20-8)21(18,19)12-6-10(14)5-11(9(12)2)13(16)17/h5-6,8H,3-4,7H2,1-2H3,(H,16,17). The first-order chi connectivity index (χ1) is 9.73. The van der Waals surface area contributed by atoms with Crippen LogP contribution in [0.5, 0.6) is 0 Å². The molecule has 1 saturated heterocycles. The van der Waals surface area contributed by atoms with Crippen molar-refractivity contribution in [2.45, 2.75) is 24.8 Å². The molecule has 0 bridgehead atoms. The highest BCUT2D eigenvalue weighted by Gasteiger charge is 2.31. The van der Waals surface area contributed by atoms with E-state index < -0.39 is 16.0 Å². The molecule has 1 aromatic carbocycles. The highest BCUT2D eigenvalue weighted by molar-refractivity contribution is 7.89. The first-order valence-corrected chi connectivity index (χ1v) is 8.20. The zero-order valence-corrected chi connectivity index (χ0v) is 13.2. The topological polar surface area (TPSA) is 83.9 Å². The van der Waals surface area contributed by atoms with Crippen LogP contribution in [0.25, 0.3) is 0 Å². The third-order valence-corrected chi connectivity index (χ3v) is 5.59. The Morgan fingerprint density at radius 1 is 1.48 bits per heavy atom. The maximum atomic E-state index is 12.7. The van der Waals surface area contributed by atoms with E-state index >= 15 is 0 Å². The van der Waals surface area contributed by atoms with Crippen molar-refractivity contribution in [2.24, 2.45) is 0 Å². The number of carbonyl (C=O) groups is 1. The molecule has 1 atom stereocenters. The van der Waals surface area contributed by atoms with Crippen molar-refractivity contribution >= 4 is 27.6 Å². The SMILES string of the molecule is Cc1c(C(=O)O)cc(Cl)cc1S(=O)(=O)N1CCOC(C)C1. The molecule has 116 valence electrons. The van der Waals surface area contributed by atoms with E-state index in [9.17, 15) is 13.2 Å². The Balaban J connectivity index is 2.52. The molecule has 6 nitrogen and oxygen atoms in total. The first-order valence-electron chi connectivity index (χ1n) is 6.38. The number of benzene rings is 1. The number of rotatable bonds is 3. The van der Waals surface area contributed by atoms with Crippen molar-refractivity contribution in [3.05, 3.63) is 28.3 Å². The minimum Gasteiger partial charge on any atom is -0.478 e. The molecular formula is C13H16ClNO5S. The van der Waals surface area contributed by atoms with Gasteiger partial charge in [0, 0.05) is 18.1 Å². The van der Waals surface area contributed by atoms with Crippen LogP contribution in [0, 0.1) is 6.92 Å². The van der Waals surface area contributed by atoms with Gasteiger partial charge in [-0.1, -0.05) is 11.6 Å². The fourth-order valence-electron chi connectivity index (χ4n) is 2.29. The van der Waals surface area contributed by atoms with E-state index in [-0.39, 0.29) is 40.2 Å². The number of nitrogens with zero attached hydrogens (tertiary/aromatic N) is 1. The van der Waals surface area contributed by atoms with E-state index in [4.69, 9.17) is 21.4 Å². The van der Waals surface area contributed by atoms with E-state index in [0.29, 0.717) is 6.61 Å². The average molecular weight is 334 g/mol. The zero-order chi connectivity index (χ0) is 15.8. The number of halogens is 1. The minimum absolute atomic E-state index is 0.0681. The molecule has 0 radical (unpaired) electrons. The summed E-state index contributed by atoms with van der Waals surface area (Å²) in [6.07, 6.45) is -0.202. The van der Waals surface area contributed by atoms with Gasteiger partial charge < -0.3 is 9.84 Å². The second kappa shape index (κ2) is 5.92. The average Bonchev–Trinajstić information content (AvgIpc) is 2.40. The molecule has 0 saturated carbocycles. The highest BCUT2D eigenvalue weighted by Crippen LogP contribution is 2.28. The van der Waals surface area contributed by atoms with Crippen LogP contribution < -0.4 is 0 Å². The lowest BCUT2D eigenvalue weighted by Gasteiger charge is -2.30. The molecule has 21 heavy (non-hydrogen) atoms. The van der Waals surface area contributed by atoms with Gasteiger partial charge in [-0.2, -0.15) is 4.31 Å². The van der Waals surface area contributed by atoms with Crippen molar-refractivity contribution in [1.82, 2.24) is 4.31 Å². The Labute approximate surface area is 128 Å². The Kier molecular flexibility index (Phi) is 4.57. The van der Waals surface area contributed by atoms with E-state index in [1.165, 1.54) is 23.4 Å². The Hall–Kier alpha value is -1.15. The van der Waals surface area contributed by atoms with Crippen molar-refractivity contribution < 1.29 is 23.1 Å². The van der Waals surface area contributed by atoms with Crippen LogP contribution in [0.15, 0.2) is 17.0 Å². The lowest BCUT2D eigenvalue weighted by atomic mass is 10.1. The third-order valence-electron chi connectivity index (χ3n) is 3.38. The Bertz CT molecular complexity index is 673. The largest absolute Gasteiger partial charge is 0.478 e. The van der Waals surface area contributed by atoms with Gasteiger partial charge in [0.1, 0.15) is 0 Å². The molecule has 1 N–H and O–H groups in total. The van der Waals surface area contributed by atoms with Crippen molar-refractivity contribution in [3.63, 3.8) is 0 Å². The van der Waals surface area contributed by atoms with Gasteiger partial charge in [0.15, 0.2) is 0 Å². The van der Waals surface area contributed by atoms with Crippen LogP contribution in [-0.2, 0) is 14.8 Å². The summed E-state index contributed by atoms with van der Waals surface area (Å²) < 4.78 is 32.0. The van der Waals surface area contributed by atoms with Crippen molar-refractivity contribution in [3.8, 4) is 0 Å². The van der Waals surface area contributed by atoms with Crippen LogP contribution in [0.2, 0.25) is 5.02 Å². The number of hydrogen-bond acceptors (Lipinski definition) is 4. The number of sulfonamides is 1. The van der Waals surface area contributed by atoms with Crippen molar-refractivity contribution in [2.75, 3.05) is 19.7 Å². The second-order valence-corrected chi connectivity index (χ2v) is 7.27. The number of hydrogen-bond donors (Lipinski definition) is 1. The fourth-order valence-corrected chi connectivity index (χ4v) is 4.34. The number of morpholine rings is 1. The molecule has 1 unspecified atom stereocenters. The van der Waals surface area contributed by atoms with Gasteiger partial charge in [-0.15, -0.1) is 0 Å². The molecule has 1 heterocycles. The summed E-state index contributed by atoms with van der Waals surface area (Å²) in [6.45, 7) is 4.04. The summed E-state index contributed by atoms with van der Waals surface area (Å²) in [5.41, 5.74) is 0.0772. The van der Waals surface area contributed by atoms with Crippen LogP contribution in [0.4, 0.5) is 0 Å². The fraction of sp³-hybridized carbons (Fsp3) is 0.462. The molecule has 1 aliphatic heterocycles. The van der Waals surface area contributed by atoms with E-state index in [1.807, 2.05) is 0 Å². The number of aromatic carboxylic acids is 1. The van der Waals surface area contributed by atoms with Crippen LogP contribution in [0.3, 0.4) is 0 Å². The lowest BCUT2D eigenvalue weighted by Crippen LogP contribution is -2.44. The molecule has 1 aliphatic rings. The zero-order valence-electron chi connectivity index (χ0n) is 11.7. The van der Waals surface area contributed by atoms with Gasteiger partial charge in [-0.05, 0) is 31.5 Å². The maximum Gasteiger partial charge on any atom is 0.336 e. The second-order valence-electron chi connectivity index (χ2n) is 4.93. The molecular weight excluding hydrogens is 318 g/mol.